The van der Waals surface area contributed by atoms with Crippen LogP contribution in [0.3, 0.4) is 0 Å². The molecule has 3 amide bonds. The smallest absolute Gasteiger partial charge is 0.330 e. The Hall–Kier alpha value is -3.75. The molecule has 3 aromatic carbocycles. The van der Waals surface area contributed by atoms with Crippen LogP contribution in [0, 0.1) is 0 Å². The van der Waals surface area contributed by atoms with Gasteiger partial charge >= 0.3 is 12.0 Å². The number of nitrogens with one attached hydrogen (secondary N) is 4. The zero-order chi connectivity index (χ0) is 28.2. The number of carbonyl (C=O) groups is 3. The maximum atomic E-state index is 13.3. The molecule has 0 aliphatic heterocycles. The maximum Gasteiger partial charge on any atom is 0.330 e. The number of carbonyl (C=O) groups excluding carboxylic acids is 3. The third-order valence-corrected chi connectivity index (χ3v) is 8.13. The van der Waals surface area contributed by atoms with Crippen LogP contribution < -0.4 is 21.3 Å². The summed E-state index contributed by atoms with van der Waals surface area (Å²) < 4.78 is 4.86. The van der Waals surface area contributed by atoms with Crippen molar-refractivity contribution in [3.05, 3.63) is 98.5 Å². The zero-order valence-corrected chi connectivity index (χ0v) is 23.4. The lowest BCUT2D eigenvalue weighted by molar-refractivity contribution is -0.142. The first-order valence-electron chi connectivity index (χ1n) is 13.2. The van der Waals surface area contributed by atoms with E-state index in [9.17, 15) is 14.4 Å². The second-order valence-corrected chi connectivity index (χ2v) is 10.8. The van der Waals surface area contributed by atoms with Gasteiger partial charge in [-0.05, 0) is 60.1 Å². The Kier molecular flexibility index (Phi) is 8.47. The molecule has 5 rings (SSSR count). The van der Waals surface area contributed by atoms with E-state index in [1.807, 2.05) is 36.4 Å². The van der Waals surface area contributed by atoms with Gasteiger partial charge in [0.1, 0.15) is 6.04 Å². The van der Waals surface area contributed by atoms with Gasteiger partial charge in [0, 0.05) is 6.04 Å². The number of halogens is 2. The molecule has 208 valence electrons. The van der Waals surface area contributed by atoms with Crippen molar-refractivity contribution in [1.29, 1.82) is 0 Å². The SMILES string of the molecule is COC(=O)C(CNC(=O)N[C@@H]1CCc2ccccc21)NC(=O)c1c(Cl)ccc(NC2Cc3ccccc3C2)c1Cl. The molecule has 2 atom stereocenters. The highest BCUT2D eigenvalue weighted by molar-refractivity contribution is 6.41. The van der Waals surface area contributed by atoms with Crippen LogP contribution in [0.25, 0.3) is 0 Å². The third-order valence-electron chi connectivity index (χ3n) is 7.42. The van der Waals surface area contributed by atoms with E-state index < -0.39 is 23.9 Å². The molecule has 0 aromatic heterocycles. The number of urea groups is 1. The summed E-state index contributed by atoms with van der Waals surface area (Å²) in [6.45, 7) is -0.188. The van der Waals surface area contributed by atoms with Gasteiger partial charge in [-0.3, -0.25) is 4.79 Å². The largest absolute Gasteiger partial charge is 0.467 e. The fraction of sp³-hybridized carbons (Fsp3) is 0.300. The van der Waals surface area contributed by atoms with Gasteiger partial charge in [0.2, 0.25) is 0 Å². The first-order valence-corrected chi connectivity index (χ1v) is 13.9. The van der Waals surface area contributed by atoms with Crippen molar-refractivity contribution in [2.45, 2.75) is 43.8 Å². The lowest BCUT2D eigenvalue weighted by Gasteiger charge is -2.21. The van der Waals surface area contributed by atoms with Crippen LogP contribution in [-0.2, 0) is 28.8 Å². The second-order valence-electron chi connectivity index (χ2n) is 10.00. The number of fused-ring (bicyclic) bond motifs is 2. The number of rotatable bonds is 8. The highest BCUT2D eigenvalue weighted by atomic mass is 35.5. The molecule has 0 saturated carbocycles. The lowest BCUT2D eigenvalue weighted by Crippen LogP contribution is -2.51. The maximum absolute atomic E-state index is 13.3. The van der Waals surface area contributed by atoms with E-state index in [0.29, 0.717) is 5.69 Å². The van der Waals surface area contributed by atoms with Gasteiger partial charge in [-0.1, -0.05) is 71.7 Å². The molecule has 40 heavy (non-hydrogen) atoms. The molecule has 0 radical (unpaired) electrons. The molecule has 0 saturated heterocycles. The molecule has 2 aliphatic rings. The van der Waals surface area contributed by atoms with Gasteiger partial charge in [0.05, 0.1) is 41.0 Å². The van der Waals surface area contributed by atoms with E-state index in [-0.39, 0.29) is 34.2 Å². The summed E-state index contributed by atoms with van der Waals surface area (Å²) in [5.74, 6) is -1.37. The number of amides is 3. The Labute approximate surface area is 242 Å². The molecule has 10 heteroatoms. The molecule has 8 nitrogen and oxygen atoms in total. The number of methoxy groups -OCH3 is 1. The van der Waals surface area contributed by atoms with E-state index in [1.165, 1.54) is 23.8 Å². The van der Waals surface area contributed by atoms with Crippen LogP contribution in [0.5, 0.6) is 0 Å². The van der Waals surface area contributed by atoms with E-state index in [1.54, 1.807) is 12.1 Å². The van der Waals surface area contributed by atoms with Crippen LogP contribution >= 0.6 is 23.2 Å². The minimum Gasteiger partial charge on any atom is -0.467 e. The van der Waals surface area contributed by atoms with Crippen LogP contribution in [0.4, 0.5) is 10.5 Å². The second kappa shape index (κ2) is 12.2. The summed E-state index contributed by atoms with van der Waals surface area (Å²) in [5.41, 5.74) is 5.43. The van der Waals surface area contributed by atoms with Crippen LogP contribution in [-0.4, -0.2) is 43.6 Å². The third kappa shape index (κ3) is 6.03. The number of esters is 1. The van der Waals surface area contributed by atoms with Crippen LogP contribution in [0.1, 0.15) is 45.1 Å². The fourth-order valence-electron chi connectivity index (χ4n) is 5.43. The summed E-state index contributed by atoms with van der Waals surface area (Å²) in [6.07, 6.45) is 3.34. The first kappa shape index (κ1) is 27.8. The number of anilines is 1. The quantitative estimate of drug-likeness (QED) is 0.285. The average Bonchev–Trinajstić information content (AvgIpc) is 3.55. The highest BCUT2D eigenvalue weighted by Crippen LogP contribution is 2.34. The van der Waals surface area contributed by atoms with Crippen molar-refractivity contribution in [2.24, 2.45) is 0 Å². The number of ether oxygens (including phenoxy) is 1. The number of benzene rings is 3. The highest BCUT2D eigenvalue weighted by Gasteiger charge is 2.29. The number of hydrogen-bond donors (Lipinski definition) is 4. The summed E-state index contributed by atoms with van der Waals surface area (Å²) in [6, 6.07) is 17.9. The monoisotopic (exact) mass is 580 g/mol. The summed E-state index contributed by atoms with van der Waals surface area (Å²) >= 11 is 13.0. The molecular weight excluding hydrogens is 551 g/mol. The topological polar surface area (TPSA) is 109 Å². The Balaban J connectivity index is 1.23. The van der Waals surface area contributed by atoms with Gasteiger partial charge < -0.3 is 26.0 Å². The average molecular weight is 582 g/mol. The predicted octanol–water partition coefficient (Wildman–Crippen LogP) is 4.83. The number of aryl methyl sites for hydroxylation is 1. The predicted molar refractivity (Wildman–Crippen MR) is 155 cm³/mol. The van der Waals surface area contributed by atoms with E-state index >= 15 is 0 Å². The standard InChI is InChI=1S/C30H30Cl2N4O4/c1-40-29(38)25(16-33-30(39)36-23-12-10-17-6-4-5-9-21(17)23)35-28(37)26-22(31)11-13-24(27(26)32)34-20-14-18-7-2-3-8-19(18)15-20/h2-9,11,13,20,23,25,34H,10,12,14-16H2,1H3,(H,35,37)(H2,33,36,39)/t23-,25?/m1/s1. The minimum absolute atomic E-state index is 0.0322. The van der Waals surface area contributed by atoms with E-state index in [4.69, 9.17) is 27.9 Å². The molecule has 4 N–H and O–H groups in total. The van der Waals surface area contributed by atoms with Crippen molar-refractivity contribution in [2.75, 3.05) is 19.0 Å². The first-order chi connectivity index (χ1) is 19.3. The van der Waals surface area contributed by atoms with E-state index in [2.05, 4.69) is 33.4 Å². The molecule has 3 aromatic rings. The van der Waals surface area contributed by atoms with Crippen molar-refractivity contribution < 1.29 is 19.1 Å². The molecule has 2 aliphatic carbocycles. The van der Waals surface area contributed by atoms with Gasteiger partial charge in [0.25, 0.3) is 5.91 Å². The van der Waals surface area contributed by atoms with Gasteiger partial charge in [0.15, 0.2) is 0 Å². The Morgan fingerprint density at radius 1 is 0.950 bits per heavy atom. The molecule has 0 spiro atoms. The van der Waals surface area contributed by atoms with Gasteiger partial charge in [-0.15, -0.1) is 0 Å². The van der Waals surface area contributed by atoms with Crippen LogP contribution in [0.2, 0.25) is 10.0 Å². The fourth-order valence-corrected chi connectivity index (χ4v) is 6.03. The number of hydrogen-bond acceptors (Lipinski definition) is 5. The van der Waals surface area contributed by atoms with E-state index in [0.717, 1.165) is 31.2 Å². The minimum atomic E-state index is -1.16. The Morgan fingerprint density at radius 2 is 1.62 bits per heavy atom. The van der Waals surface area contributed by atoms with Crippen molar-refractivity contribution in [3.63, 3.8) is 0 Å². The Morgan fingerprint density at radius 3 is 2.33 bits per heavy atom. The zero-order valence-electron chi connectivity index (χ0n) is 21.9. The molecule has 0 fully saturated rings. The van der Waals surface area contributed by atoms with Gasteiger partial charge in [-0.25, -0.2) is 9.59 Å². The Bertz CT molecular complexity index is 1420. The summed E-state index contributed by atoms with van der Waals surface area (Å²) in [5, 5.41) is 11.9. The molecule has 0 heterocycles. The van der Waals surface area contributed by atoms with Crippen molar-refractivity contribution in [3.8, 4) is 0 Å². The molecular formula is C30H30Cl2N4O4. The molecule has 0 bridgehead atoms. The molecule has 1 unspecified atom stereocenters. The van der Waals surface area contributed by atoms with Crippen molar-refractivity contribution >= 4 is 46.8 Å². The van der Waals surface area contributed by atoms with Crippen LogP contribution in [0.15, 0.2) is 60.7 Å². The van der Waals surface area contributed by atoms with Crippen molar-refractivity contribution in [1.82, 2.24) is 16.0 Å². The van der Waals surface area contributed by atoms with Gasteiger partial charge in [-0.2, -0.15) is 0 Å². The lowest BCUT2D eigenvalue weighted by atomic mass is 10.1. The summed E-state index contributed by atoms with van der Waals surface area (Å²) in [7, 11) is 1.21. The summed E-state index contributed by atoms with van der Waals surface area (Å²) in [4.78, 5) is 38.4. The normalized spacial score (nSPS) is 16.4.